The fourth-order valence-electron chi connectivity index (χ4n) is 1.51. The third-order valence-corrected chi connectivity index (χ3v) is 3.22. The first-order chi connectivity index (χ1) is 9.94. The molecule has 0 bridgehead atoms. The Labute approximate surface area is 120 Å². The number of nitrogens with one attached hydrogen (secondary N) is 3. The summed E-state index contributed by atoms with van der Waals surface area (Å²) in [5.74, 6) is -1.56. The van der Waals surface area contributed by atoms with Crippen LogP contribution in [-0.4, -0.2) is 31.9 Å². The normalized spacial score (nSPS) is 10.3. The Bertz CT molecular complexity index is 762. The molecule has 0 aromatic carbocycles. The molecule has 0 radical (unpaired) electrons. The highest BCUT2D eigenvalue weighted by atomic mass is 32.1. The monoisotopic (exact) mass is 310 g/mol. The average molecular weight is 310 g/mol. The maximum absolute atomic E-state index is 11.7. The Morgan fingerprint density at radius 3 is 2.71 bits per heavy atom. The molecular weight excluding hydrogens is 300 g/mol. The van der Waals surface area contributed by atoms with Crippen molar-refractivity contribution < 1.29 is 14.7 Å². The molecule has 0 aliphatic rings. The average Bonchev–Trinajstić information content (AvgIpc) is 2.84. The lowest BCUT2D eigenvalue weighted by molar-refractivity contribution is -0.120. The Balaban J connectivity index is 1.93. The Morgan fingerprint density at radius 1 is 1.33 bits per heavy atom. The van der Waals surface area contributed by atoms with Gasteiger partial charge in [0.2, 0.25) is 5.91 Å². The lowest BCUT2D eigenvalue weighted by Gasteiger charge is -2.02. The van der Waals surface area contributed by atoms with E-state index < -0.39 is 23.1 Å². The van der Waals surface area contributed by atoms with Gasteiger partial charge in [0.05, 0.1) is 13.0 Å². The van der Waals surface area contributed by atoms with E-state index in [1.54, 1.807) is 0 Å². The summed E-state index contributed by atoms with van der Waals surface area (Å²) in [7, 11) is 0. The van der Waals surface area contributed by atoms with Crippen molar-refractivity contribution in [1.82, 2.24) is 20.3 Å². The van der Waals surface area contributed by atoms with Crippen molar-refractivity contribution in [1.29, 1.82) is 0 Å². The minimum atomic E-state index is -1.13. The largest absolute Gasteiger partial charge is 0.476 e. The van der Waals surface area contributed by atoms with Crippen LogP contribution in [0.5, 0.6) is 0 Å². The van der Waals surface area contributed by atoms with Crippen molar-refractivity contribution in [3.05, 3.63) is 48.7 Å². The fraction of sp³-hybridized carbons (Fsp3) is 0.182. The van der Waals surface area contributed by atoms with Gasteiger partial charge in [-0.05, 0) is 0 Å². The van der Waals surface area contributed by atoms with Crippen LogP contribution in [0, 0.1) is 0 Å². The van der Waals surface area contributed by atoms with Crippen molar-refractivity contribution in [2.24, 2.45) is 0 Å². The zero-order chi connectivity index (χ0) is 15.4. The molecule has 0 spiro atoms. The molecule has 10 heteroatoms. The number of aromatic nitrogens is 3. The lowest BCUT2D eigenvalue weighted by Crippen LogP contribution is -2.28. The fourth-order valence-corrected chi connectivity index (χ4v) is 2.22. The van der Waals surface area contributed by atoms with Crippen molar-refractivity contribution >= 4 is 23.2 Å². The van der Waals surface area contributed by atoms with Gasteiger partial charge in [-0.15, -0.1) is 11.3 Å². The summed E-state index contributed by atoms with van der Waals surface area (Å²) in [6, 6.07) is 1.12. The van der Waals surface area contributed by atoms with Crippen LogP contribution in [0.1, 0.15) is 21.2 Å². The summed E-state index contributed by atoms with van der Waals surface area (Å²) < 4.78 is 0. The van der Waals surface area contributed by atoms with Crippen LogP contribution in [-0.2, 0) is 17.8 Å². The highest BCUT2D eigenvalue weighted by molar-refractivity contribution is 7.09. The van der Waals surface area contributed by atoms with Crippen LogP contribution in [0.15, 0.2) is 21.0 Å². The summed E-state index contributed by atoms with van der Waals surface area (Å²) in [6.45, 7) is 0.0736. The highest BCUT2D eigenvalue weighted by Gasteiger charge is 2.10. The molecule has 0 atom stereocenters. The molecule has 1 amide bonds. The maximum Gasteiger partial charge on any atom is 0.355 e. The van der Waals surface area contributed by atoms with Crippen molar-refractivity contribution in [3.8, 4) is 0 Å². The molecule has 0 aliphatic carbocycles. The van der Waals surface area contributed by atoms with Gasteiger partial charge in [0, 0.05) is 17.1 Å². The van der Waals surface area contributed by atoms with Gasteiger partial charge in [0.1, 0.15) is 5.01 Å². The number of carboxylic acids is 1. The topological polar surface area (TPSA) is 145 Å². The van der Waals surface area contributed by atoms with E-state index in [1.165, 1.54) is 5.38 Å². The molecule has 9 nitrogen and oxygen atoms in total. The molecule has 0 saturated carbocycles. The van der Waals surface area contributed by atoms with Crippen molar-refractivity contribution in [2.45, 2.75) is 13.0 Å². The van der Waals surface area contributed by atoms with Gasteiger partial charge >= 0.3 is 11.7 Å². The van der Waals surface area contributed by atoms with Crippen LogP contribution in [0.4, 0.5) is 0 Å². The van der Waals surface area contributed by atoms with Gasteiger partial charge in [0.25, 0.3) is 5.56 Å². The number of hydrogen-bond donors (Lipinski definition) is 4. The van der Waals surface area contributed by atoms with E-state index in [1.807, 2.05) is 4.98 Å². The van der Waals surface area contributed by atoms with E-state index in [-0.39, 0.29) is 24.4 Å². The first-order valence-electron chi connectivity index (χ1n) is 5.71. The first kappa shape index (κ1) is 14.7. The second kappa shape index (κ2) is 6.13. The number of H-pyrrole nitrogens is 2. The van der Waals surface area contributed by atoms with Crippen LogP contribution < -0.4 is 16.6 Å². The molecule has 110 valence electrons. The summed E-state index contributed by atoms with van der Waals surface area (Å²) in [6.07, 6.45) is -0.170. The number of amides is 1. The van der Waals surface area contributed by atoms with Gasteiger partial charge in [-0.1, -0.05) is 0 Å². The molecule has 2 rings (SSSR count). The third kappa shape index (κ3) is 4.11. The number of hydrogen-bond acceptors (Lipinski definition) is 6. The highest BCUT2D eigenvalue weighted by Crippen LogP contribution is 2.09. The summed E-state index contributed by atoms with van der Waals surface area (Å²) in [5.41, 5.74) is -1.17. The van der Waals surface area contributed by atoms with Gasteiger partial charge in [-0.2, -0.15) is 0 Å². The Hall–Kier alpha value is -2.75. The zero-order valence-electron chi connectivity index (χ0n) is 10.5. The van der Waals surface area contributed by atoms with Gasteiger partial charge in [-0.3, -0.25) is 14.6 Å². The summed E-state index contributed by atoms with van der Waals surface area (Å²) >= 11 is 1.11. The number of nitrogens with zero attached hydrogens (tertiary/aromatic N) is 1. The summed E-state index contributed by atoms with van der Waals surface area (Å²) in [5, 5.41) is 13.1. The predicted molar refractivity (Wildman–Crippen MR) is 72.3 cm³/mol. The molecule has 2 aromatic heterocycles. The van der Waals surface area contributed by atoms with E-state index in [9.17, 15) is 19.2 Å². The number of aromatic carboxylic acids is 1. The lowest BCUT2D eigenvalue weighted by atomic mass is 10.3. The number of thiazole rings is 1. The molecule has 0 fully saturated rings. The second-order valence-corrected chi connectivity index (χ2v) is 4.94. The molecule has 2 aromatic rings. The van der Waals surface area contributed by atoms with Gasteiger partial charge in [0.15, 0.2) is 5.69 Å². The molecule has 0 saturated heterocycles. The van der Waals surface area contributed by atoms with Crippen LogP contribution in [0.2, 0.25) is 0 Å². The second-order valence-electron chi connectivity index (χ2n) is 4.00. The van der Waals surface area contributed by atoms with Gasteiger partial charge < -0.3 is 15.4 Å². The quantitative estimate of drug-likeness (QED) is 0.562. The first-order valence-corrected chi connectivity index (χ1v) is 6.59. The Morgan fingerprint density at radius 2 is 2.10 bits per heavy atom. The Kier molecular flexibility index (Phi) is 4.28. The molecule has 21 heavy (non-hydrogen) atoms. The smallest absolute Gasteiger partial charge is 0.355 e. The van der Waals surface area contributed by atoms with Crippen LogP contribution in [0.3, 0.4) is 0 Å². The van der Waals surface area contributed by atoms with Crippen LogP contribution in [0.25, 0.3) is 0 Å². The van der Waals surface area contributed by atoms with Gasteiger partial charge in [-0.25, -0.2) is 14.6 Å². The zero-order valence-corrected chi connectivity index (χ0v) is 11.3. The number of rotatable bonds is 5. The van der Waals surface area contributed by atoms with E-state index in [4.69, 9.17) is 5.11 Å². The minimum Gasteiger partial charge on any atom is -0.476 e. The molecule has 4 N–H and O–H groups in total. The minimum absolute atomic E-state index is 0.0736. The van der Waals surface area contributed by atoms with Crippen molar-refractivity contribution in [3.63, 3.8) is 0 Å². The van der Waals surface area contributed by atoms with Crippen molar-refractivity contribution in [2.75, 3.05) is 0 Å². The molecule has 0 aliphatic heterocycles. The third-order valence-electron chi connectivity index (χ3n) is 2.37. The molecule has 0 unspecified atom stereocenters. The van der Waals surface area contributed by atoms with Crippen LogP contribution >= 0.6 is 11.3 Å². The SMILES string of the molecule is O=C(Cc1cc(=O)[nH]c(=O)[nH]1)NCc1nc(C(=O)O)cs1. The number of carbonyl (C=O) groups is 2. The van der Waals surface area contributed by atoms with E-state index in [0.717, 1.165) is 17.4 Å². The predicted octanol–water partition coefficient (Wildman–Crippen LogP) is -0.923. The van der Waals surface area contributed by atoms with E-state index >= 15 is 0 Å². The maximum atomic E-state index is 11.7. The molecule has 2 heterocycles. The standard InChI is InChI=1S/C11H10N4O5S/c16-7(1-5-2-8(17)15-11(20)13-5)12-3-9-14-6(4-21-9)10(18)19/h2,4H,1,3H2,(H,12,16)(H,18,19)(H2,13,15,17,20). The number of carbonyl (C=O) groups excluding carboxylic acids is 1. The molecular formula is C11H10N4O5S. The number of carboxylic acid groups (broad SMARTS) is 1. The summed E-state index contributed by atoms with van der Waals surface area (Å²) in [4.78, 5) is 52.5. The van der Waals surface area contributed by atoms with E-state index in [0.29, 0.717) is 5.01 Å². The van der Waals surface area contributed by atoms with E-state index in [2.05, 4.69) is 15.3 Å². The number of aromatic amines is 2.